The van der Waals surface area contributed by atoms with Crippen LogP contribution in [0.2, 0.25) is 0 Å². The van der Waals surface area contributed by atoms with Crippen LogP contribution >= 0.6 is 11.3 Å². The second-order valence-electron chi connectivity index (χ2n) is 6.52. The van der Waals surface area contributed by atoms with Crippen LogP contribution in [0.5, 0.6) is 0 Å². The number of aromatic nitrogens is 4. The number of benzene rings is 1. The normalized spacial score (nSPS) is 16.2. The van der Waals surface area contributed by atoms with Crippen molar-refractivity contribution in [1.82, 2.24) is 24.7 Å². The van der Waals surface area contributed by atoms with Crippen LogP contribution in [0.4, 0.5) is 13.2 Å². The molecule has 10 heteroatoms. The van der Waals surface area contributed by atoms with Crippen LogP contribution in [0, 0.1) is 6.92 Å². The molecule has 1 aromatic carbocycles. The molecule has 1 amide bonds. The third-order valence-electron chi connectivity index (χ3n) is 4.75. The second-order valence-corrected chi connectivity index (χ2v) is 7.51. The molecule has 0 aliphatic carbocycles. The fourth-order valence-corrected chi connectivity index (χ4v) is 4.26. The molecule has 6 nitrogen and oxygen atoms in total. The molecule has 3 aromatic rings. The van der Waals surface area contributed by atoms with Crippen LogP contribution in [0.15, 0.2) is 24.3 Å². The Hall–Kier alpha value is -2.49. The van der Waals surface area contributed by atoms with E-state index in [0.29, 0.717) is 13.1 Å². The van der Waals surface area contributed by atoms with Crippen molar-refractivity contribution in [3.63, 3.8) is 0 Å². The Bertz CT molecular complexity index is 971. The molecule has 1 fully saturated rings. The minimum Gasteiger partial charge on any atom is -0.339 e. The first-order valence-corrected chi connectivity index (χ1v) is 9.30. The average molecular weight is 395 g/mol. The number of hydrogen-bond donors (Lipinski definition) is 0. The predicted molar refractivity (Wildman–Crippen MR) is 92.7 cm³/mol. The van der Waals surface area contributed by atoms with Crippen molar-refractivity contribution in [2.75, 3.05) is 13.1 Å². The highest BCUT2D eigenvalue weighted by molar-refractivity contribution is 7.16. The van der Waals surface area contributed by atoms with E-state index in [1.54, 1.807) is 9.42 Å². The standard InChI is InChI=1S/C17H16F3N5OS/c1-10-21-22-16-25(10)23-14(27-16)11-6-8-24(9-7-11)15(26)12-2-4-13(5-3-12)17(18,19)20/h2-5,11H,6-9H2,1H3. The highest BCUT2D eigenvalue weighted by atomic mass is 32.1. The molecular formula is C17H16F3N5OS. The maximum atomic E-state index is 12.6. The first-order valence-electron chi connectivity index (χ1n) is 8.48. The summed E-state index contributed by atoms with van der Waals surface area (Å²) in [6, 6.07) is 4.37. The Morgan fingerprint density at radius 3 is 2.41 bits per heavy atom. The number of carbonyl (C=O) groups excluding carboxylic acids is 1. The minimum atomic E-state index is -4.40. The first kappa shape index (κ1) is 17.9. The summed E-state index contributed by atoms with van der Waals surface area (Å²) in [5.74, 6) is 0.742. The van der Waals surface area contributed by atoms with Crippen molar-refractivity contribution < 1.29 is 18.0 Å². The molecular weight excluding hydrogens is 379 g/mol. The molecule has 0 spiro atoms. The van der Waals surface area contributed by atoms with E-state index in [2.05, 4.69) is 15.3 Å². The lowest BCUT2D eigenvalue weighted by atomic mass is 9.97. The number of alkyl halides is 3. The summed E-state index contributed by atoms with van der Waals surface area (Å²) in [6.07, 6.45) is -2.88. The van der Waals surface area contributed by atoms with Crippen molar-refractivity contribution in [1.29, 1.82) is 0 Å². The first-order chi connectivity index (χ1) is 12.8. The van der Waals surface area contributed by atoms with Crippen molar-refractivity contribution in [3.05, 3.63) is 46.2 Å². The van der Waals surface area contributed by atoms with Crippen LogP contribution in [-0.4, -0.2) is 43.7 Å². The lowest BCUT2D eigenvalue weighted by Gasteiger charge is -2.31. The predicted octanol–water partition coefficient (Wildman–Crippen LogP) is 3.53. The van der Waals surface area contributed by atoms with Gasteiger partial charge in [0.05, 0.1) is 5.56 Å². The lowest BCUT2D eigenvalue weighted by molar-refractivity contribution is -0.137. The van der Waals surface area contributed by atoms with E-state index in [1.165, 1.54) is 23.5 Å². The molecule has 1 saturated heterocycles. The number of carbonyl (C=O) groups is 1. The monoisotopic (exact) mass is 395 g/mol. The number of piperidine rings is 1. The zero-order chi connectivity index (χ0) is 19.2. The van der Waals surface area contributed by atoms with E-state index >= 15 is 0 Å². The van der Waals surface area contributed by atoms with Gasteiger partial charge in [-0.15, -0.1) is 10.2 Å². The smallest absolute Gasteiger partial charge is 0.339 e. The number of nitrogens with zero attached hydrogens (tertiary/aromatic N) is 5. The summed E-state index contributed by atoms with van der Waals surface area (Å²) in [7, 11) is 0. The number of likely N-dealkylation sites (tertiary alicyclic amines) is 1. The van der Waals surface area contributed by atoms with E-state index in [4.69, 9.17) is 0 Å². The number of hydrogen-bond acceptors (Lipinski definition) is 5. The van der Waals surface area contributed by atoms with E-state index < -0.39 is 11.7 Å². The molecule has 0 saturated carbocycles. The molecule has 1 aliphatic rings. The van der Waals surface area contributed by atoms with Crippen LogP contribution in [0.25, 0.3) is 4.96 Å². The quantitative estimate of drug-likeness (QED) is 0.666. The van der Waals surface area contributed by atoms with E-state index in [9.17, 15) is 18.0 Å². The Labute approximate surface area is 156 Å². The summed E-state index contributed by atoms with van der Waals surface area (Å²) in [6.45, 7) is 2.93. The molecule has 0 atom stereocenters. The zero-order valence-corrected chi connectivity index (χ0v) is 15.2. The van der Waals surface area contributed by atoms with Crippen LogP contribution in [0.1, 0.15) is 45.5 Å². The highest BCUT2D eigenvalue weighted by Gasteiger charge is 2.31. The molecule has 3 heterocycles. The summed E-state index contributed by atoms with van der Waals surface area (Å²) < 4.78 is 39.7. The van der Waals surface area contributed by atoms with E-state index in [0.717, 1.165) is 40.8 Å². The molecule has 27 heavy (non-hydrogen) atoms. The van der Waals surface area contributed by atoms with E-state index in [-0.39, 0.29) is 17.4 Å². The third-order valence-corrected chi connectivity index (χ3v) is 5.81. The van der Waals surface area contributed by atoms with Gasteiger partial charge in [-0.3, -0.25) is 4.79 Å². The van der Waals surface area contributed by atoms with Gasteiger partial charge in [-0.25, -0.2) is 0 Å². The summed E-state index contributed by atoms with van der Waals surface area (Å²) in [5.41, 5.74) is -0.479. The van der Waals surface area contributed by atoms with Gasteiger partial charge in [-0.05, 0) is 44.0 Å². The molecule has 142 valence electrons. The van der Waals surface area contributed by atoms with E-state index in [1.807, 2.05) is 6.92 Å². The van der Waals surface area contributed by atoms with Crippen LogP contribution in [0.3, 0.4) is 0 Å². The van der Waals surface area contributed by atoms with Crippen LogP contribution < -0.4 is 0 Å². The summed E-state index contributed by atoms with van der Waals surface area (Å²) in [4.78, 5) is 15.0. The van der Waals surface area contributed by atoms with Gasteiger partial charge in [0.1, 0.15) is 5.01 Å². The maximum absolute atomic E-state index is 12.6. The molecule has 4 rings (SSSR count). The SMILES string of the molecule is Cc1nnc2sc(C3CCN(C(=O)c4ccc(C(F)(F)F)cc4)CC3)nn12. The van der Waals surface area contributed by atoms with Crippen molar-refractivity contribution in [2.45, 2.75) is 31.9 Å². The van der Waals surface area contributed by atoms with Gasteiger partial charge in [-0.1, -0.05) is 11.3 Å². The number of halogens is 3. The lowest BCUT2D eigenvalue weighted by Crippen LogP contribution is -2.37. The van der Waals surface area contributed by atoms with Gasteiger partial charge in [0, 0.05) is 24.6 Å². The van der Waals surface area contributed by atoms with Gasteiger partial charge >= 0.3 is 6.18 Å². The fraction of sp³-hybridized carbons (Fsp3) is 0.412. The molecule has 0 radical (unpaired) electrons. The Morgan fingerprint density at radius 2 is 1.81 bits per heavy atom. The van der Waals surface area contributed by atoms with Gasteiger partial charge in [0.15, 0.2) is 5.82 Å². The van der Waals surface area contributed by atoms with Crippen molar-refractivity contribution >= 4 is 22.2 Å². The van der Waals surface area contributed by atoms with Gasteiger partial charge < -0.3 is 4.90 Å². The number of rotatable bonds is 2. The van der Waals surface area contributed by atoms with Crippen molar-refractivity contribution in [3.8, 4) is 0 Å². The Balaban J connectivity index is 1.41. The van der Waals surface area contributed by atoms with Gasteiger partial charge in [-0.2, -0.15) is 22.8 Å². The molecule has 1 aliphatic heterocycles. The molecule has 0 unspecified atom stereocenters. The third kappa shape index (κ3) is 3.41. The summed E-state index contributed by atoms with van der Waals surface area (Å²) >= 11 is 1.50. The van der Waals surface area contributed by atoms with Crippen molar-refractivity contribution in [2.24, 2.45) is 0 Å². The largest absolute Gasteiger partial charge is 0.416 e. The Kier molecular flexibility index (Phi) is 4.37. The number of aryl methyl sites for hydroxylation is 1. The molecule has 0 bridgehead atoms. The average Bonchev–Trinajstić information content (AvgIpc) is 3.23. The highest BCUT2D eigenvalue weighted by Crippen LogP contribution is 2.32. The second kappa shape index (κ2) is 6.59. The molecule has 0 N–H and O–H groups in total. The van der Waals surface area contributed by atoms with Gasteiger partial charge in [0.25, 0.3) is 5.91 Å². The maximum Gasteiger partial charge on any atom is 0.416 e. The van der Waals surface area contributed by atoms with Gasteiger partial charge in [0.2, 0.25) is 4.96 Å². The summed E-state index contributed by atoms with van der Waals surface area (Å²) in [5, 5.41) is 13.6. The minimum absolute atomic E-state index is 0.240. The fourth-order valence-electron chi connectivity index (χ4n) is 3.21. The zero-order valence-electron chi connectivity index (χ0n) is 14.4. The number of fused-ring (bicyclic) bond motifs is 1. The Morgan fingerprint density at radius 1 is 1.15 bits per heavy atom. The topological polar surface area (TPSA) is 63.4 Å². The van der Waals surface area contributed by atoms with Crippen LogP contribution in [-0.2, 0) is 6.18 Å². The molecule has 2 aromatic heterocycles. The number of amides is 1.